The minimum absolute atomic E-state index is 0.0485. The van der Waals surface area contributed by atoms with Crippen molar-refractivity contribution in [2.24, 2.45) is 0 Å². The van der Waals surface area contributed by atoms with Gasteiger partial charge in [0, 0.05) is 41.6 Å². The first-order chi connectivity index (χ1) is 13.8. The number of alkyl halides is 2. The Morgan fingerprint density at radius 2 is 1.90 bits per heavy atom. The first-order valence-corrected chi connectivity index (χ1v) is 9.27. The summed E-state index contributed by atoms with van der Waals surface area (Å²) in [5, 5.41) is 1.66. The molecule has 146 valence electrons. The van der Waals surface area contributed by atoms with Gasteiger partial charge in [-0.3, -0.25) is 14.6 Å². The highest BCUT2D eigenvalue weighted by Crippen LogP contribution is 2.35. The maximum atomic E-state index is 13.1. The highest BCUT2D eigenvalue weighted by molar-refractivity contribution is 6.04. The van der Waals surface area contributed by atoms with Crippen molar-refractivity contribution in [3.05, 3.63) is 59.9 Å². The van der Waals surface area contributed by atoms with Gasteiger partial charge < -0.3 is 9.80 Å². The molecule has 7 heteroatoms. The van der Waals surface area contributed by atoms with Gasteiger partial charge in [0.2, 0.25) is 5.91 Å². The number of hydrogen-bond acceptors (Lipinski definition) is 3. The van der Waals surface area contributed by atoms with E-state index in [-0.39, 0.29) is 5.91 Å². The predicted molar refractivity (Wildman–Crippen MR) is 105 cm³/mol. The molecule has 3 heterocycles. The SMILES string of the molecule is CN1C(=O)Cc2cc(-c3cncc4ccc(C(=O)N5CC(F)(F)C5)cc34)ccc21. The Kier molecular flexibility index (Phi) is 3.71. The topological polar surface area (TPSA) is 53.5 Å². The van der Waals surface area contributed by atoms with E-state index in [0.717, 1.165) is 38.1 Å². The van der Waals surface area contributed by atoms with Crippen molar-refractivity contribution >= 4 is 28.3 Å². The summed E-state index contributed by atoms with van der Waals surface area (Å²) in [5.41, 5.74) is 3.93. The molecule has 0 unspecified atom stereocenters. The van der Waals surface area contributed by atoms with Crippen molar-refractivity contribution in [3.63, 3.8) is 0 Å². The summed E-state index contributed by atoms with van der Waals surface area (Å²) in [4.78, 5) is 31.6. The van der Waals surface area contributed by atoms with Crippen molar-refractivity contribution in [1.29, 1.82) is 0 Å². The van der Waals surface area contributed by atoms with E-state index in [1.54, 1.807) is 42.5 Å². The number of benzene rings is 2. The third-order valence-electron chi connectivity index (χ3n) is 5.61. The number of hydrogen-bond donors (Lipinski definition) is 0. The van der Waals surface area contributed by atoms with E-state index in [9.17, 15) is 18.4 Å². The normalized spacial score (nSPS) is 17.4. The number of aromatic nitrogens is 1. The number of likely N-dealkylation sites (tertiary alicyclic amines) is 1. The Bertz CT molecular complexity index is 1180. The number of carbonyl (C=O) groups is 2. The van der Waals surface area contributed by atoms with Crippen LogP contribution in [0.25, 0.3) is 21.9 Å². The van der Waals surface area contributed by atoms with Crippen LogP contribution in [-0.4, -0.2) is 47.8 Å². The number of pyridine rings is 1. The zero-order valence-corrected chi connectivity index (χ0v) is 15.7. The fraction of sp³-hybridized carbons (Fsp3) is 0.227. The van der Waals surface area contributed by atoms with E-state index in [1.165, 1.54) is 0 Å². The molecule has 3 aromatic rings. The number of likely N-dealkylation sites (N-methyl/N-ethyl adjacent to an activating group) is 1. The minimum Gasteiger partial charge on any atom is -0.326 e. The Balaban J connectivity index is 1.56. The molecule has 1 saturated heterocycles. The maximum Gasteiger partial charge on any atom is 0.282 e. The van der Waals surface area contributed by atoms with Crippen LogP contribution in [0.4, 0.5) is 14.5 Å². The van der Waals surface area contributed by atoms with Crippen molar-refractivity contribution in [2.75, 3.05) is 25.0 Å². The van der Waals surface area contributed by atoms with Gasteiger partial charge in [-0.2, -0.15) is 0 Å². The Morgan fingerprint density at radius 1 is 1.10 bits per heavy atom. The molecule has 2 aromatic carbocycles. The second kappa shape index (κ2) is 6.07. The zero-order chi connectivity index (χ0) is 20.3. The summed E-state index contributed by atoms with van der Waals surface area (Å²) in [5.74, 6) is -3.15. The van der Waals surface area contributed by atoms with Gasteiger partial charge in [0.15, 0.2) is 0 Å². The molecule has 2 aliphatic rings. The van der Waals surface area contributed by atoms with Crippen LogP contribution in [0.5, 0.6) is 0 Å². The second-order valence-electron chi connectivity index (χ2n) is 7.61. The van der Waals surface area contributed by atoms with Crippen LogP contribution in [-0.2, 0) is 11.2 Å². The summed E-state index contributed by atoms with van der Waals surface area (Å²) >= 11 is 0. The largest absolute Gasteiger partial charge is 0.326 e. The van der Waals surface area contributed by atoms with Crippen molar-refractivity contribution < 1.29 is 18.4 Å². The molecule has 5 nitrogen and oxygen atoms in total. The average Bonchev–Trinajstić information content (AvgIpc) is 2.97. The molecular weight excluding hydrogens is 376 g/mol. The quantitative estimate of drug-likeness (QED) is 0.670. The summed E-state index contributed by atoms with van der Waals surface area (Å²) in [6, 6.07) is 11.0. The van der Waals surface area contributed by atoms with Crippen molar-refractivity contribution in [1.82, 2.24) is 9.88 Å². The molecule has 1 aromatic heterocycles. The highest BCUT2D eigenvalue weighted by atomic mass is 19.3. The van der Waals surface area contributed by atoms with E-state index >= 15 is 0 Å². The molecule has 0 bridgehead atoms. The van der Waals surface area contributed by atoms with E-state index in [4.69, 9.17) is 0 Å². The number of anilines is 1. The monoisotopic (exact) mass is 393 g/mol. The number of nitrogens with zero attached hydrogens (tertiary/aromatic N) is 3. The summed E-state index contributed by atoms with van der Waals surface area (Å²) < 4.78 is 26.3. The lowest BCUT2D eigenvalue weighted by atomic mass is 9.96. The molecule has 0 spiro atoms. The number of halogens is 2. The lowest BCUT2D eigenvalue weighted by molar-refractivity contribution is -0.117. The fourth-order valence-corrected chi connectivity index (χ4v) is 4.00. The number of amides is 2. The molecule has 0 aliphatic carbocycles. The maximum absolute atomic E-state index is 13.1. The molecule has 29 heavy (non-hydrogen) atoms. The van der Waals surface area contributed by atoms with Gasteiger partial charge in [-0.25, -0.2) is 8.78 Å². The molecule has 0 saturated carbocycles. The van der Waals surface area contributed by atoms with E-state index in [0.29, 0.717) is 12.0 Å². The zero-order valence-electron chi connectivity index (χ0n) is 15.7. The summed E-state index contributed by atoms with van der Waals surface area (Å²) in [6.07, 6.45) is 3.77. The van der Waals surface area contributed by atoms with E-state index < -0.39 is 24.9 Å². The molecule has 5 rings (SSSR count). The third kappa shape index (κ3) is 2.85. The second-order valence-corrected chi connectivity index (χ2v) is 7.61. The molecule has 0 radical (unpaired) electrons. The van der Waals surface area contributed by atoms with Gasteiger partial charge in [0.1, 0.15) is 0 Å². The van der Waals surface area contributed by atoms with Crippen LogP contribution in [0.1, 0.15) is 15.9 Å². The van der Waals surface area contributed by atoms with Crippen LogP contribution in [0.2, 0.25) is 0 Å². The molecular formula is C22H17F2N3O2. The molecule has 0 atom stereocenters. The van der Waals surface area contributed by atoms with E-state index in [1.807, 2.05) is 18.2 Å². The van der Waals surface area contributed by atoms with E-state index in [2.05, 4.69) is 4.98 Å². The third-order valence-corrected chi connectivity index (χ3v) is 5.61. The molecule has 0 N–H and O–H groups in total. The first-order valence-electron chi connectivity index (χ1n) is 9.27. The van der Waals surface area contributed by atoms with Crippen LogP contribution >= 0.6 is 0 Å². The molecule has 2 aliphatic heterocycles. The number of carbonyl (C=O) groups excluding carboxylic acids is 2. The predicted octanol–water partition coefficient (Wildman–Crippen LogP) is 3.51. The van der Waals surface area contributed by atoms with Crippen molar-refractivity contribution in [3.8, 4) is 11.1 Å². The molecule has 2 amide bonds. The standard InChI is InChI=1S/C22H17F2N3O2/c1-26-19-5-4-13(6-16(19)8-20(26)28)18-10-25-9-15-3-2-14(7-17(15)18)21(29)27-11-22(23,24)12-27/h2-7,9-10H,8,11-12H2,1H3. The van der Waals surface area contributed by atoms with Gasteiger partial charge in [-0.1, -0.05) is 12.1 Å². The fourth-order valence-electron chi connectivity index (χ4n) is 4.00. The first kappa shape index (κ1) is 17.7. The number of rotatable bonds is 2. The lowest BCUT2D eigenvalue weighted by Crippen LogP contribution is -2.58. The van der Waals surface area contributed by atoms with Gasteiger partial charge in [0.25, 0.3) is 11.8 Å². The van der Waals surface area contributed by atoms with Gasteiger partial charge in [0.05, 0.1) is 19.5 Å². The Labute approximate surface area is 165 Å². The Morgan fingerprint density at radius 3 is 2.66 bits per heavy atom. The average molecular weight is 393 g/mol. The van der Waals surface area contributed by atoms with Gasteiger partial charge in [-0.05, 0) is 40.8 Å². The van der Waals surface area contributed by atoms with Gasteiger partial charge in [-0.15, -0.1) is 0 Å². The summed E-state index contributed by atoms with van der Waals surface area (Å²) in [7, 11) is 1.75. The Hall–Kier alpha value is -3.35. The van der Waals surface area contributed by atoms with Crippen LogP contribution in [0.3, 0.4) is 0 Å². The van der Waals surface area contributed by atoms with Gasteiger partial charge >= 0.3 is 0 Å². The van der Waals surface area contributed by atoms with Crippen LogP contribution < -0.4 is 4.90 Å². The molecule has 1 fully saturated rings. The highest BCUT2D eigenvalue weighted by Gasteiger charge is 2.46. The summed E-state index contributed by atoms with van der Waals surface area (Å²) in [6.45, 7) is -1.08. The smallest absolute Gasteiger partial charge is 0.282 e. The van der Waals surface area contributed by atoms with Crippen molar-refractivity contribution in [2.45, 2.75) is 12.3 Å². The lowest BCUT2D eigenvalue weighted by Gasteiger charge is -2.38. The number of fused-ring (bicyclic) bond motifs is 2. The van der Waals surface area contributed by atoms with Crippen LogP contribution in [0, 0.1) is 0 Å². The minimum atomic E-state index is -2.80. The van der Waals surface area contributed by atoms with Crippen LogP contribution in [0.15, 0.2) is 48.8 Å².